The molecule has 0 aliphatic carbocycles. The van der Waals surface area contributed by atoms with Gasteiger partial charge in [0.05, 0.1) is 16.5 Å². The fourth-order valence-corrected chi connectivity index (χ4v) is 1.22. The van der Waals surface area contributed by atoms with E-state index < -0.39 is 10.5 Å². The molecular formula is C8H5N3O3. The van der Waals surface area contributed by atoms with Crippen LogP contribution in [-0.4, -0.2) is 14.9 Å². The molecule has 0 spiro atoms. The van der Waals surface area contributed by atoms with Gasteiger partial charge in [0.1, 0.15) is 5.52 Å². The molecule has 0 aliphatic heterocycles. The van der Waals surface area contributed by atoms with Crippen LogP contribution in [0.5, 0.6) is 0 Å². The Labute approximate surface area is 77.4 Å². The minimum absolute atomic E-state index is 0.0849. The Morgan fingerprint density at radius 1 is 1.50 bits per heavy atom. The number of H-pyrrole nitrogens is 1. The van der Waals surface area contributed by atoms with Crippen LogP contribution >= 0.6 is 0 Å². The summed E-state index contributed by atoms with van der Waals surface area (Å²) in [6, 6.07) is 3.05. The van der Waals surface area contributed by atoms with Crippen LogP contribution in [0, 0.1) is 10.1 Å². The fourth-order valence-electron chi connectivity index (χ4n) is 1.22. The highest BCUT2D eigenvalue weighted by atomic mass is 16.6. The molecule has 0 amide bonds. The summed E-state index contributed by atoms with van der Waals surface area (Å²) in [5.41, 5.74) is -0.486. The largest absolute Gasteiger partial charge is 0.321 e. The van der Waals surface area contributed by atoms with Crippen molar-refractivity contribution in [3.8, 4) is 0 Å². The van der Waals surface area contributed by atoms with E-state index in [1.165, 1.54) is 12.3 Å². The summed E-state index contributed by atoms with van der Waals surface area (Å²) in [5.74, 6) is 0. The second-order valence-corrected chi connectivity index (χ2v) is 2.66. The van der Waals surface area contributed by atoms with Crippen LogP contribution in [0.2, 0.25) is 0 Å². The molecule has 0 saturated heterocycles. The number of fused-ring (bicyclic) bond motifs is 1. The number of nitrogens with one attached hydrogen (secondary N) is 1. The summed E-state index contributed by atoms with van der Waals surface area (Å²) in [6.45, 7) is 0. The molecule has 70 valence electrons. The molecule has 0 fully saturated rings. The molecule has 0 radical (unpaired) electrons. The van der Waals surface area contributed by atoms with Crippen molar-refractivity contribution in [2.24, 2.45) is 0 Å². The van der Waals surface area contributed by atoms with Gasteiger partial charge in [-0.3, -0.25) is 19.9 Å². The molecule has 1 N–H and O–H groups in total. The zero-order chi connectivity index (χ0) is 10.1. The number of hydrogen-bond acceptors (Lipinski definition) is 4. The van der Waals surface area contributed by atoms with E-state index in [4.69, 9.17) is 0 Å². The standard InChI is InChI=1S/C8H5N3O3/c12-8-7-5(2-1-3-9-7)6(4-10-8)11(13)14/h1-4H,(H,10,12). The molecule has 0 aliphatic rings. The number of hydrogen-bond donors (Lipinski definition) is 1. The van der Waals surface area contributed by atoms with Crippen LogP contribution < -0.4 is 5.56 Å². The zero-order valence-corrected chi connectivity index (χ0v) is 6.93. The van der Waals surface area contributed by atoms with Crippen LogP contribution in [0.4, 0.5) is 5.69 Å². The van der Waals surface area contributed by atoms with Crippen LogP contribution in [0.1, 0.15) is 0 Å². The average molecular weight is 191 g/mol. The smallest absolute Gasteiger partial charge is 0.294 e. The summed E-state index contributed by atoms with van der Waals surface area (Å²) >= 11 is 0. The van der Waals surface area contributed by atoms with E-state index in [2.05, 4.69) is 9.97 Å². The Morgan fingerprint density at radius 3 is 3.00 bits per heavy atom. The maximum Gasteiger partial charge on any atom is 0.294 e. The van der Waals surface area contributed by atoms with Crippen LogP contribution in [-0.2, 0) is 0 Å². The number of nitrogens with zero attached hydrogens (tertiary/aromatic N) is 2. The average Bonchev–Trinajstić information content (AvgIpc) is 2.18. The lowest BCUT2D eigenvalue weighted by Crippen LogP contribution is -2.08. The van der Waals surface area contributed by atoms with Gasteiger partial charge in [-0.1, -0.05) is 0 Å². The van der Waals surface area contributed by atoms with Gasteiger partial charge >= 0.3 is 0 Å². The number of rotatable bonds is 1. The van der Waals surface area contributed by atoms with E-state index in [9.17, 15) is 14.9 Å². The number of pyridine rings is 2. The first-order valence-electron chi connectivity index (χ1n) is 3.81. The maximum absolute atomic E-state index is 11.2. The van der Waals surface area contributed by atoms with Gasteiger partial charge in [-0.15, -0.1) is 0 Å². The van der Waals surface area contributed by atoms with E-state index in [1.807, 2.05) is 0 Å². The third-order valence-electron chi connectivity index (χ3n) is 1.84. The molecule has 0 aromatic carbocycles. The van der Waals surface area contributed by atoms with Crippen molar-refractivity contribution < 1.29 is 4.92 Å². The second-order valence-electron chi connectivity index (χ2n) is 2.66. The molecular weight excluding hydrogens is 186 g/mol. The Balaban J connectivity index is 2.96. The first-order chi connectivity index (χ1) is 6.70. The highest BCUT2D eigenvalue weighted by molar-refractivity contribution is 5.86. The Morgan fingerprint density at radius 2 is 2.29 bits per heavy atom. The summed E-state index contributed by atoms with van der Waals surface area (Å²) < 4.78 is 0. The highest BCUT2D eigenvalue weighted by Gasteiger charge is 2.13. The zero-order valence-electron chi connectivity index (χ0n) is 6.93. The van der Waals surface area contributed by atoms with E-state index >= 15 is 0 Å². The molecule has 0 saturated carbocycles. The van der Waals surface area contributed by atoms with Crippen LogP contribution in [0.15, 0.2) is 29.3 Å². The van der Waals surface area contributed by atoms with Crippen molar-refractivity contribution in [1.82, 2.24) is 9.97 Å². The lowest BCUT2D eigenvalue weighted by atomic mass is 10.2. The van der Waals surface area contributed by atoms with Crippen molar-refractivity contribution in [1.29, 1.82) is 0 Å². The molecule has 2 rings (SSSR count). The summed E-state index contributed by atoms with van der Waals surface area (Å²) in [6.07, 6.45) is 2.49. The SMILES string of the molecule is O=c1[nH]cc([N+](=O)[O-])c2cccnc12. The third kappa shape index (κ3) is 1.13. The molecule has 0 atom stereocenters. The van der Waals surface area contributed by atoms with E-state index in [-0.39, 0.29) is 16.6 Å². The van der Waals surface area contributed by atoms with Crippen molar-refractivity contribution in [3.05, 3.63) is 45.0 Å². The highest BCUT2D eigenvalue weighted by Crippen LogP contribution is 2.19. The van der Waals surface area contributed by atoms with Gasteiger partial charge in [-0.2, -0.15) is 0 Å². The molecule has 14 heavy (non-hydrogen) atoms. The Hall–Kier alpha value is -2.24. The molecule has 6 nitrogen and oxygen atoms in total. The van der Waals surface area contributed by atoms with Crippen molar-refractivity contribution in [2.75, 3.05) is 0 Å². The summed E-state index contributed by atoms with van der Waals surface area (Å²) in [5, 5.41) is 10.8. The number of aromatic nitrogens is 2. The quantitative estimate of drug-likeness (QED) is 0.534. The van der Waals surface area contributed by atoms with Gasteiger partial charge < -0.3 is 4.98 Å². The Kier molecular flexibility index (Phi) is 1.74. The van der Waals surface area contributed by atoms with Crippen molar-refractivity contribution >= 4 is 16.6 Å². The van der Waals surface area contributed by atoms with Crippen molar-refractivity contribution in [2.45, 2.75) is 0 Å². The second kappa shape index (κ2) is 2.91. The lowest BCUT2D eigenvalue weighted by Gasteiger charge is -1.96. The van der Waals surface area contributed by atoms with E-state index in [0.717, 1.165) is 6.20 Å². The third-order valence-corrected chi connectivity index (χ3v) is 1.84. The van der Waals surface area contributed by atoms with E-state index in [0.29, 0.717) is 0 Å². The van der Waals surface area contributed by atoms with Gasteiger partial charge in [0, 0.05) is 6.20 Å². The number of aromatic amines is 1. The minimum Gasteiger partial charge on any atom is -0.321 e. The molecule has 2 aromatic heterocycles. The topological polar surface area (TPSA) is 88.9 Å². The fraction of sp³-hybridized carbons (Fsp3) is 0. The van der Waals surface area contributed by atoms with Gasteiger partial charge in [0.15, 0.2) is 0 Å². The summed E-state index contributed by atoms with van der Waals surface area (Å²) in [4.78, 5) is 27.3. The van der Waals surface area contributed by atoms with Gasteiger partial charge in [0.2, 0.25) is 0 Å². The van der Waals surface area contributed by atoms with Crippen LogP contribution in [0.25, 0.3) is 10.9 Å². The molecule has 0 bridgehead atoms. The minimum atomic E-state index is -0.556. The molecule has 6 heteroatoms. The van der Waals surface area contributed by atoms with Crippen molar-refractivity contribution in [3.63, 3.8) is 0 Å². The first-order valence-corrected chi connectivity index (χ1v) is 3.81. The predicted molar refractivity (Wildman–Crippen MR) is 49.0 cm³/mol. The van der Waals surface area contributed by atoms with Gasteiger partial charge in [-0.05, 0) is 12.1 Å². The molecule has 2 aromatic rings. The normalized spacial score (nSPS) is 10.3. The monoisotopic (exact) mass is 191 g/mol. The summed E-state index contributed by atoms with van der Waals surface area (Å²) in [7, 11) is 0. The maximum atomic E-state index is 11.2. The van der Waals surface area contributed by atoms with Crippen LogP contribution in [0.3, 0.4) is 0 Å². The predicted octanol–water partition coefficient (Wildman–Crippen LogP) is 0.831. The molecule has 2 heterocycles. The first kappa shape index (κ1) is 8.36. The number of nitro groups is 1. The van der Waals surface area contributed by atoms with Gasteiger partial charge in [0.25, 0.3) is 11.2 Å². The Bertz CT molecular complexity index is 561. The lowest BCUT2D eigenvalue weighted by molar-refractivity contribution is -0.383. The molecule has 0 unspecified atom stereocenters. The van der Waals surface area contributed by atoms with Gasteiger partial charge in [-0.25, -0.2) is 0 Å². The van der Waals surface area contributed by atoms with E-state index in [1.54, 1.807) is 6.07 Å².